The first-order valence-electron chi connectivity index (χ1n) is 7.34. The number of amides is 2. The van der Waals surface area contributed by atoms with Crippen molar-refractivity contribution in [1.82, 2.24) is 9.97 Å². The highest BCUT2D eigenvalue weighted by molar-refractivity contribution is 7.21. The highest BCUT2D eigenvalue weighted by Gasteiger charge is 2.14. The van der Waals surface area contributed by atoms with Gasteiger partial charge in [-0.1, -0.05) is 18.2 Å². The number of aromatic nitrogens is 2. The molecule has 6 nitrogen and oxygen atoms in total. The minimum atomic E-state index is -0.528. The molecule has 0 spiro atoms. The number of anilines is 1. The smallest absolute Gasteiger partial charge is 0.267 e. The normalized spacial score (nSPS) is 10.9. The van der Waals surface area contributed by atoms with Gasteiger partial charge in [0.05, 0.1) is 10.6 Å². The second-order valence-corrected chi connectivity index (χ2v) is 7.25. The van der Waals surface area contributed by atoms with Crippen molar-refractivity contribution in [2.75, 3.05) is 5.32 Å². The van der Waals surface area contributed by atoms with Crippen LogP contribution in [0, 0.1) is 0 Å². The summed E-state index contributed by atoms with van der Waals surface area (Å²) in [5.41, 5.74) is 6.96. The van der Waals surface area contributed by atoms with Crippen LogP contribution in [0.3, 0.4) is 0 Å². The zero-order valence-electron chi connectivity index (χ0n) is 12.8. The number of thiazole rings is 1. The van der Waals surface area contributed by atoms with Crippen LogP contribution < -0.4 is 11.1 Å². The summed E-state index contributed by atoms with van der Waals surface area (Å²) in [6, 6.07) is 11.4. The van der Waals surface area contributed by atoms with E-state index in [-0.39, 0.29) is 5.91 Å². The van der Waals surface area contributed by atoms with E-state index in [0.717, 1.165) is 15.6 Å². The molecule has 4 rings (SSSR count). The third-order valence-electron chi connectivity index (χ3n) is 3.62. The van der Waals surface area contributed by atoms with Gasteiger partial charge in [0.15, 0.2) is 5.13 Å². The molecule has 0 atom stereocenters. The Morgan fingerprint density at radius 2 is 2.04 bits per heavy atom. The van der Waals surface area contributed by atoms with Gasteiger partial charge >= 0.3 is 0 Å². The Bertz CT molecular complexity index is 1060. The van der Waals surface area contributed by atoms with Crippen molar-refractivity contribution in [2.24, 2.45) is 5.73 Å². The Kier molecular flexibility index (Phi) is 3.83. The van der Waals surface area contributed by atoms with Crippen molar-refractivity contribution in [3.63, 3.8) is 0 Å². The number of carbonyl (C=O) groups excluding carboxylic acids is 2. The number of nitrogens with zero attached hydrogens (tertiary/aromatic N) is 1. The monoisotopic (exact) mass is 368 g/mol. The lowest BCUT2D eigenvalue weighted by molar-refractivity contribution is 0.0994. The second kappa shape index (κ2) is 6.15. The number of carbonyl (C=O) groups is 2. The van der Waals surface area contributed by atoms with Gasteiger partial charge in [0.25, 0.3) is 11.8 Å². The molecule has 4 N–H and O–H groups in total. The lowest BCUT2D eigenvalue weighted by Gasteiger charge is -1.97. The van der Waals surface area contributed by atoms with Gasteiger partial charge < -0.3 is 10.7 Å². The van der Waals surface area contributed by atoms with Crippen LogP contribution in [0.15, 0.2) is 48.0 Å². The summed E-state index contributed by atoms with van der Waals surface area (Å²) in [4.78, 5) is 31.4. The number of H-pyrrole nitrogens is 1. The van der Waals surface area contributed by atoms with E-state index in [1.165, 1.54) is 22.7 Å². The molecule has 0 fully saturated rings. The molecule has 25 heavy (non-hydrogen) atoms. The molecule has 0 saturated carbocycles. The first kappa shape index (κ1) is 15.6. The van der Waals surface area contributed by atoms with E-state index in [0.29, 0.717) is 21.4 Å². The third-order valence-corrected chi connectivity index (χ3v) is 5.49. The predicted octanol–water partition coefficient (Wildman–Crippen LogP) is 3.70. The number of thiophene rings is 1. The molecule has 0 radical (unpaired) electrons. The van der Waals surface area contributed by atoms with Crippen LogP contribution in [-0.2, 0) is 0 Å². The van der Waals surface area contributed by atoms with Crippen molar-refractivity contribution in [2.45, 2.75) is 0 Å². The van der Waals surface area contributed by atoms with Crippen LogP contribution >= 0.6 is 22.7 Å². The van der Waals surface area contributed by atoms with E-state index in [1.807, 2.05) is 35.7 Å². The molecule has 124 valence electrons. The lowest BCUT2D eigenvalue weighted by Crippen LogP contribution is -2.10. The van der Waals surface area contributed by atoms with Gasteiger partial charge in [-0.15, -0.1) is 22.7 Å². The van der Waals surface area contributed by atoms with Crippen LogP contribution in [0.2, 0.25) is 0 Å². The Balaban J connectivity index is 1.53. The number of primary amides is 1. The van der Waals surface area contributed by atoms with Crippen LogP contribution in [0.1, 0.15) is 20.2 Å². The predicted molar refractivity (Wildman–Crippen MR) is 100 cm³/mol. The average molecular weight is 368 g/mol. The van der Waals surface area contributed by atoms with Gasteiger partial charge in [0, 0.05) is 21.8 Å². The summed E-state index contributed by atoms with van der Waals surface area (Å²) in [5, 5.41) is 6.17. The number of benzene rings is 1. The summed E-state index contributed by atoms with van der Waals surface area (Å²) in [6.07, 6.45) is 1.66. The summed E-state index contributed by atoms with van der Waals surface area (Å²) in [7, 11) is 0. The minimum Gasteiger partial charge on any atom is -0.364 e. The molecule has 4 aromatic rings. The molecule has 1 aromatic carbocycles. The summed E-state index contributed by atoms with van der Waals surface area (Å²) in [6.45, 7) is 0. The van der Waals surface area contributed by atoms with Crippen LogP contribution in [0.25, 0.3) is 21.3 Å². The number of hydrogen-bond donors (Lipinski definition) is 3. The van der Waals surface area contributed by atoms with Gasteiger partial charge in [-0.2, -0.15) is 0 Å². The molecule has 0 bridgehead atoms. The fourth-order valence-corrected chi connectivity index (χ4v) is 4.07. The molecular weight excluding hydrogens is 356 g/mol. The van der Waals surface area contributed by atoms with Gasteiger partial charge in [0.1, 0.15) is 5.69 Å². The Morgan fingerprint density at radius 1 is 1.20 bits per heavy atom. The molecule has 0 aliphatic carbocycles. The Labute approximate surface area is 150 Å². The fraction of sp³-hybridized carbons (Fsp3) is 0. The molecule has 3 aromatic heterocycles. The van der Waals surface area contributed by atoms with Gasteiger partial charge in [-0.25, -0.2) is 4.98 Å². The lowest BCUT2D eigenvalue weighted by atomic mass is 10.2. The van der Waals surface area contributed by atoms with E-state index >= 15 is 0 Å². The molecule has 0 unspecified atom stereocenters. The molecule has 3 heterocycles. The highest BCUT2D eigenvalue weighted by atomic mass is 32.1. The maximum Gasteiger partial charge on any atom is 0.267 e. The number of nitrogens with one attached hydrogen (secondary N) is 2. The van der Waals surface area contributed by atoms with E-state index in [9.17, 15) is 9.59 Å². The number of fused-ring (bicyclic) bond motifs is 1. The largest absolute Gasteiger partial charge is 0.364 e. The van der Waals surface area contributed by atoms with E-state index in [2.05, 4.69) is 15.3 Å². The zero-order valence-corrected chi connectivity index (χ0v) is 14.4. The number of aromatic amines is 1. The maximum absolute atomic E-state index is 12.4. The first-order chi connectivity index (χ1) is 12.1. The van der Waals surface area contributed by atoms with E-state index in [4.69, 9.17) is 5.73 Å². The fourth-order valence-electron chi connectivity index (χ4n) is 2.40. The van der Waals surface area contributed by atoms with Crippen LogP contribution in [0.4, 0.5) is 5.13 Å². The number of rotatable bonds is 4. The van der Waals surface area contributed by atoms with Crippen molar-refractivity contribution in [3.8, 4) is 11.3 Å². The summed E-state index contributed by atoms with van der Waals surface area (Å²) >= 11 is 2.77. The molecule has 2 amide bonds. The van der Waals surface area contributed by atoms with Gasteiger partial charge in [-0.05, 0) is 23.6 Å². The average Bonchev–Trinajstić information content (AvgIpc) is 3.32. The minimum absolute atomic E-state index is 0.186. The maximum atomic E-state index is 12.4. The van der Waals surface area contributed by atoms with Gasteiger partial charge in [-0.3, -0.25) is 14.9 Å². The SMILES string of the molecule is NC(=O)c1cc(-c2csc(NC(=O)c3cc4ccccc4s3)n2)c[nH]1. The Hall–Kier alpha value is -2.97. The molecule has 0 aliphatic rings. The molecule has 8 heteroatoms. The number of hydrogen-bond acceptors (Lipinski definition) is 5. The van der Waals surface area contributed by atoms with Crippen molar-refractivity contribution in [3.05, 3.63) is 58.5 Å². The summed E-state index contributed by atoms with van der Waals surface area (Å²) in [5.74, 6) is -0.714. The molecule has 0 aliphatic heterocycles. The van der Waals surface area contributed by atoms with Gasteiger partial charge in [0.2, 0.25) is 0 Å². The van der Waals surface area contributed by atoms with E-state index < -0.39 is 5.91 Å². The molecule has 0 saturated heterocycles. The number of nitrogens with two attached hydrogens (primary N) is 1. The highest BCUT2D eigenvalue weighted by Crippen LogP contribution is 2.28. The van der Waals surface area contributed by atoms with Crippen molar-refractivity contribution < 1.29 is 9.59 Å². The third kappa shape index (κ3) is 3.04. The van der Waals surface area contributed by atoms with Crippen molar-refractivity contribution >= 4 is 49.7 Å². The second-order valence-electron chi connectivity index (χ2n) is 5.31. The first-order valence-corrected chi connectivity index (χ1v) is 9.04. The van der Waals surface area contributed by atoms with Crippen molar-refractivity contribution in [1.29, 1.82) is 0 Å². The molecular formula is C17H12N4O2S2. The topological polar surface area (TPSA) is 101 Å². The standard InChI is InChI=1S/C17H12N4O2S2/c18-15(22)11-5-10(7-19-11)12-8-24-17(20-12)21-16(23)14-6-9-3-1-2-4-13(9)25-14/h1-8,19H,(H2,18,22)(H,20,21,23). The zero-order chi connectivity index (χ0) is 17.4. The summed E-state index contributed by atoms with van der Waals surface area (Å²) < 4.78 is 1.07. The van der Waals surface area contributed by atoms with E-state index in [1.54, 1.807) is 12.3 Å². The Morgan fingerprint density at radius 3 is 2.80 bits per heavy atom. The van der Waals surface area contributed by atoms with Crippen LogP contribution in [-0.4, -0.2) is 21.8 Å². The van der Waals surface area contributed by atoms with Crippen LogP contribution in [0.5, 0.6) is 0 Å². The quantitative estimate of drug-likeness (QED) is 0.512.